The van der Waals surface area contributed by atoms with Gasteiger partial charge in [-0.25, -0.2) is 4.98 Å². The predicted molar refractivity (Wildman–Crippen MR) is 88.6 cm³/mol. The number of benzene rings is 1. The van der Waals surface area contributed by atoms with E-state index in [2.05, 4.69) is 11.4 Å². The second kappa shape index (κ2) is 5.83. The van der Waals surface area contributed by atoms with Gasteiger partial charge < -0.3 is 5.32 Å². The molecule has 112 valence electrons. The number of hydrogen-bond donors (Lipinski definition) is 1. The number of rotatable bonds is 2. The average molecular weight is 309 g/mol. The van der Waals surface area contributed by atoms with Crippen molar-refractivity contribution in [3.63, 3.8) is 0 Å². The summed E-state index contributed by atoms with van der Waals surface area (Å²) in [4.78, 5) is 6.26. The molecule has 0 amide bonds. The van der Waals surface area contributed by atoms with E-state index >= 15 is 0 Å². The summed E-state index contributed by atoms with van der Waals surface area (Å²) in [5.74, 6) is 0.890. The van der Waals surface area contributed by atoms with E-state index in [9.17, 15) is 0 Å². The lowest BCUT2D eigenvalue weighted by Crippen LogP contribution is -2.38. The Labute approximate surface area is 135 Å². The highest BCUT2D eigenvalue weighted by molar-refractivity contribution is 7.15. The van der Waals surface area contributed by atoms with Crippen molar-refractivity contribution in [2.45, 2.75) is 44.7 Å². The Hall–Kier alpha value is -1.70. The quantitative estimate of drug-likeness (QED) is 0.915. The second-order valence-corrected chi connectivity index (χ2v) is 7.38. The molecule has 0 radical (unpaired) electrons. The molecule has 1 saturated carbocycles. The van der Waals surface area contributed by atoms with Gasteiger partial charge in [0.15, 0.2) is 0 Å². The summed E-state index contributed by atoms with van der Waals surface area (Å²) in [5.41, 5.74) is 2.97. The van der Waals surface area contributed by atoms with Crippen LogP contribution in [0, 0.1) is 17.2 Å². The Morgan fingerprint density at radius 3 is 2.95 bits per heavy atom. The van der Waals surface area contributed by atoms with Crippen molar-refractivity contribution in [3.8, 4) is 16.6 Å². The molecule has 1 aromatic carbocycles. The molecule has 0 saturated heterocycles. The van der Waals surface area contributed by atoms with Crippen LogP contribution in [-0.2, 0) is 13.0 Å². The third-order valence-electron chi connectivity index (χ3n) is 4.95. The van der Waals surface area contributed by atoms with Crippen LogP contribution in [0.4, 0.5) is 0 Å². The van der Waals surface area contributed by atoms with Crippen molar-refractivity contribution < 1.29 is 0 Å². The molecule has 0 spiro atoms. The molecule has 1 unspecified atom stereocenters. The van der Waals surface area contributed by atoms with Crippen LogP contribution < -0.4 is 5.32 Å². The SMILES string of the molecule is N#Cc1cccc(-c2nc3c(s2)CCC(C2CCC2)NC3)c1. The van der Waals surface area contributed by atoms with Crippen LogP contribution in [0.2, 0.25) is 0 Å². The van der Waals surface area contributed by atoms with Crippen LogP contribution in [0.15, 0.2) is 24.3 Å². The Morgan fingerprint density at radius 2 is 2.18 bits per heavy atom. The zero-order valence-electron chi connectivity index (χ0n) is 12.5. The second-order valence-electron chi connectivity index (χ2n) is 6.30. The van der Waals surface area contributed by atoms with Gasteiger partial charge in [-0.1, -0.05) is 18.6 Å². The first kappa shape index (κ1) is 13.9. The van der Waals surface area contributed by atoms with Gasteiger partial charge in [0.2, 0.25) is 0 Å². The third-order valence-corrected chi connectivity index (χ3v) is 6.16. The van der Waals surface area contributed by atoms with Gasteiger partial charge in [0, 0.05) is 23.0 Å². The van der Waals surface area contributed by atoms with Crippen molar-refractivity contribution in [1.29, 1.82) is 5.26 Å². The Balaban J connectivity index is 1.56. The number of nitrogens with one attached hydrogen (secondary N) is 1. The van der Waals surface area contributed by atoms with Crippen LogP contribution in [0.1, 0.15) is 41.8 Å². The normalized spacial score (nSPS) is 21.5. The van der Waals surface area contributed by atoms with Crippen LogP contribution in [0.3, 0.4) is 0 Å². The molecule has 1 aromatic heterocycles. The molecule has 1 fully saturated rings. The van der Waals surface area contributed by atoms with Crippen molar-refractivity contribution in [3.05, 3.63) is 40.4 Å². The van der Waals surface area contributed by atoms with Gasteiger partial charge in [0.25, 0.3) is 0 Å². The molecule has 4 rings (SSSR count). The molecule has 1 atom stereocenters. The number of aryl methyl sites for hydroxylation is 1. The topological polar surface area (TPSA) is 48.7 Å². The monoisotopic (exact) mass is 309 g/mol. The molecule has 4 heteroatoms. The third kappa shape index (κ3) is 2.55. The molecule has 2 aliphatic rings. The summed E-state index contributed by atoms with van der Waals surface area (Å²) in [6.07, 6.45) is 6.56. The fourth-order valence-electron chi connectivity index (χ4n) is 3.42. The number of nitriles is 1. The van der Waals surface area contributed by atoms with E-state index in [0.29, 0.717) is 11.6 Å². The zero-order valence-corrected chi connectivity index (χ0v) is 13.3. The van der Waals surface area contributed by atoms with Gasteiger partial charge in [-0.2, -0.15) is 5.26 Å². The molecule has 3 nitrogen and oxygen atoms in total. The predicted octanol–water partition coefficient (Wildman–Crippen LogP) is 3.89. The molecular weight excluding hydrogens is 290 g/mol. The average Bonchev–Trinajstić information content (AvgIpc) is 2.82. The lowest BCUT2D eigenvalue weighted by Gasteiger charge is -2.33. The molecule has 1 N–H and O–H groups in total. The molecule has 1 aliphatic carbocycles. The fourth-order valence-corrected chi connectivity index (χ4v) is 4.51. The summed E-state index contributed by atoms with van der Waals surface area (Å²) < 4.78 is 0. The van der Waals surface area contributed by atoms with Gasteiger partial charge in [-0.15, -0.1) is 11.3 Å². The van der Waals surface area contributed by atoms with Crippen LogP contribution in [-0.4, -0.2) is 11.0 Å². The molecule has 0 bridgehead atoms. The van der Waals surface area contributed by atoms with Gasteiger partial charge >= 0.3 is 0 Å². The van der Waals surface area contributed by atoms with E-state index in [1.807, 2.05) is 24.3 Å². The van der Waals surface area contributed by atoms with E-state index in [4.69, 9.17) is 10.2 Å². The number of thiazole rings is 1. The van der Waals surface area contributed by atoms with Crippen LogP contribution >= 0.6 is 11.3 Å². The summed E-state index contributed by atoms with van der Waals surface area (Å²) in [6, 6.07) is 10.6. The Bertz CT molecular complexity index is 699. The number of fused-ring (bicyclic) bond motifs is 1. The van der Waals surface area contributed by atoms with Crippen molar-refractivity contribution >= 4 is 11.3 Å². The van der Waals surface area contributed by atoms with Gasteiger partial charge in [-0.3, -0.25) is 0 Å². The van der Waals surface area contributed by atoms with E-state index in [-0.39, 0.29) is 0 Å². The first-order valence-electron chi connectivity index (χ1n) is 8.06. The minimum atomic E-state index is 0.681. The highest BCUT2D eigenvalue weighted by atomic mass is 32.1. The number of nitrogens with zero attached hydrogens (tertiary/aromatic N) is 2. The molecule has 2 aromatic rings. The maximum absolute atomic E-state index is 9.04. The minimum Gasteiger partial charge on any atom is -0.308 e. The first-order valence-corrected chi connectivity index (χ1v) is 8.87. The molecular formula is C18H19N3S. The summed E-state index contributed by atoms with van der Waals surface area (Å²) >= 11 is 1.80. The fraction of sp³-hybridized carbons (Fsp3) is 0.444. The first-order chi connectivity index (χ1) is 10.8. The van der Waals surface area contributed by atoms with E-state index < -0.39 is 0 Å². The van der Waals surface area contributed by atoms with Crippen molar-refractivity contribution in [2.75, 3.05) is 0 Å². The van der Waals surface area contributed by atoms with E-state index in [0.717, 1.165) is 29.5 Å². The van der Waals surface area contributed by atoms with E-state index in [1.54, 1.807) is 11.3 Å². The Kier molecular flexibility index (Phi) is 3.69. The van der Waals surface area contributed by atoms with Gasteiger partial charge in [-0.05, 0) is 43.7 Å². The van der Waals surface area contributed by atoms with Gasteiger partial charge in [0.1, 0.15) is 5.01 Å². The van der Waals surface area contributed by atoms with Crippen molar-refractivity contribution in [1.82, 2.24) is 10.3 Å². The summed E-state index contributed by atoms with van der Waals surface area (Å²) in [6.45, 7) is 0.894. The number of hydrogen-bond acceptors (Lipinski definition) is 4. The van der Waals surface area contributed by atoms with Crippen LogP contribution in [0.25, 0.3) is 10.6 Å². The number of aromatic nitrogens is 1. The van der Waals surface area contributed by atoms with Crippen molar-refractivity contribution in [2.24, 2.45) is 5.92 Å². The zero-order chi connectivity index (χ0) is 14.9. The standard InChI is InChI=1S/C18H19N3S/c19-10-12-3-1-6-14(9-12)18-21-16-11-20-15(13-4-2-5-13)7-8-17(16)22-18/h1,3,6,9,13,15,20H,2,4-5,7-8,11H2. The maximum atomic E-state index is 9.04. The van der Waals surface area contributed by atoms with E-state index in [1.165, 1.54) is 36.3 Å². The minimum absolute atomic E-state index is 0.681. The lowest BCUT2D eigenvalue weighted by atomic mass is 9.78. The Morgan fingerprint density at radius 1 is 1.27 bits per heavy atom. The summed E-state index contributed by atoms with van der Waals surface area (Å²) in [5, 5.41) is 13.8. The molecule has 1 aliphatic heterocycles. The highest BCUT2D eigenvalue weighted by Gasteiger charge is 2.29. The highest BCUT2D eigenvalue weighted by Crippen LogP contribution is 2.35. The largest absolute Gasteiger partial charge is 0.308 e. The maximum Gasteiger partial charge on any atom is 0.123 e. The smallest absolute Gasteiger partial charge is 0.123 e. The molecule has 22 heavy (non-hydrogen) atoms. The van der Waals surface area contributed by atoms with Crippen LogP contribution in [0.5, 0.6) is 0 Å². The van der Waals surface area contributed by atoms with Gasteiger partial charge in [0.05, 0.1) is 17.3 Å². The summed E-state index contributed by atoms with van der Waals surface area (Å²) in [7, 11) is 0. The lowest BCUT2D eigenvalue weighted by molar-refractivity contribution is 0.221. The molecule has 2 heterocycles.